The van der Waals surface area contributed by atoms with Gasteiger partial charge in [0, 0.05) is 30.4 Å². The van der Waals surface area contributed by atoms with Crippen molar-refractivity contribution in [2.24, 2.45) is 5.73 Å². The standard InChI is InChI=1S/C18H21FN2/c1-13(20)18-16(19)9-4-10-17(18)21-11-5-8-14-6-2-3-7-15(14)12-21/h2-4,6-7,9-10,13H,5,8,11-12,20H2,1H3. The van der Waals surface area contributed by atoms with Crippen LogP contribution in [0.15, 0.2) is 42.5 Å². The van der Waals surface area contributed by atoms with E-state index in [2.05, 4.69) is 29.2 Å². The lowest BCUT2D eigenvalue weighted by Crippen LogP contribution is -2.25. The van der Waals surface area contributed by atoms with Crippen molar-refractivity contribution in [2.45, 2.75) is 32.4 Å². The van der Waals surface area contributed by atoms with Crippen LogP contribution in [0.3, 0.4) is 0 Å². The minimum absolute atomic E-state index is 0.208. The number of halogens is 1. The van der Waals surface area contributed by atoms with E-state index in [1.165, 1.54) is 17.2 Å². The number of anilines is 1. The molecule has 0 amide bonds. The Labute approximate surface area is 125 Å². The third kappa shape index (κ3) is 2.79. The molecule has 2 nitrogen and oxygen atoms in total. The summed E-state index contributed by atoms with van der Waals surface area (Å²) in [6.45, 7) is 3.59. The lowest BCUT2D eigenvalue weighted by Gasteiger charge is -2.27. The molecule has 1 heterocycles. The molecule has 110 valence electrons. The maximum Gasteiger partial charge on any atom is 0.130 e. The largest absolute Gasteiger partial charge is 0.367 e. The van der Waals surface area contributed by atoms with Crippen LogP contribution in [-0.2, 0) is 13.0 Å². The van der Waals surface area contributed by atoms with Crippen LogP contribution in [0.1, 0.15) is 36.1 Å². The van der Waals surface area contributed by atoms with Crippen molar-refractivity contribution in [3.05, 3.63) is 65.0 Å². The van der Waals surface area contributed by atoms with Crippen molar-refractivity contribution in [3.8, 4) is 0 Å². The highest BCUT2D eigenvalue weighted by Gasteiger charge is 2.20. The Hall–Kier alpha value is -1.87. The first-order chi connectivity index (χ1) is 10.2. The van der Waals surface area contributed by atoms with Gasteiger partial charge in [0.1, 0.15) is 5.82 Å². The van der Waals surface area contributed by atoms with E-state index in [-0.39, 0.29) is 11.9 Å². The topological polar surface area (TPSA) is 29.3 Å². The normalized spacial score (nSPS) is 16.2. The van der Waals surface area contributed by atoms with Gasteiger partial charge in [0.25, 0.3) is 0 Å². The SMILES string of the molecule is CC(N)c1c(F)cccc1N1CCCc2ccccc2C1. The van der Waals surface area contributed by atoms with Crippen LogP contribution in [0.2, 0.25) is 0 Å². The number of hydrogen-bond acceptors (Lipinski definition) is 2. The highest BCUT2D eigenvalue weighted by Crippen LogP contribution is 2.31. The van der Waals surface area contributed by atoms with Crippen LogP contribution >= 0.6 is 0 Å². The van der Waals surface area contributed by atoms with Crippen molar-refractivity contribution >= 4 is 5.69 Å². The Kier molecular flexibility index (Phi) is 3.93. The van der Waals surface area contributed by atoms with Crippen molar-refractivity contribution in [1.29, 1.82) is 0 Å². The molecule has 1 aliphatic rings. The molecule has 1 atom stereocenters. The van der Waals surface area contributed by atoms with E-state index in [0.29, 0.717) is 5.56 Å². The maximum atomic E-state index is 14.1. The van der Waals surface area contributed by atoms with Gasteiger partial charge in [-0.25, -0.2) is 4.39 Å². The number of nitrogens with zero attached hydrogens (tertiary/aromatic N) is 1. The Morgan fingerprint density at radius 1 is 1.10 bits per heavy atom. The minimum Gasteiger partial charge on any atom is -0.367 e. The van der Waals surface area contributed by atoms with Gasteiger partial charge in [0.05, 0.1) is 0 Å². The predicted molar refractivity (Wildman–Crippen MR) is 84.8 cm³/mol. The fourth-order valence-electron chi connectivity index (χ4n) is 3.16. The first kappa shape index (κ1) is 14.1. The van der Waals surface area contributed by atoms with E-state index < -0.39 is 0 Å². The zero-order chi connectivity index (χ0) is 14.8. The predicted octanol–water partition coefficient (Wildman–Crippen LogP) is 3.80. The zero-order valence-electron chi connectivity index (χ0n) is 12.3. The van der Waals surface area contributed by atoms with Gasteiger partial charge >= 0.3 is 0 Å². The molecule has 2 aromatic carbocycles. The lowest BCUT2D eigenvalue weighted by molar-refractivity contribution is 0.590. The third-order valence-corrected chi connectivity index (χ3v) is 4.18. The van der Waals surface area contributed by atoms with Gasteiger partial charge in [-0.15, -0.1) is 0 Å². The van der Waals surface area contributed by atoms with E-state index in [9.17, 15) is 4.39 Å². The second kappa shape index (κ2) is 5.86. The summed E-state index contributed by atoms with van der Waals surface area (Å²) >= 11 is 0. The fraction of sp³-hybridized carbons (Fsp3) is 0.333. The summed E-state index contributed by atoms with van der Waals surface area (Å²) in [5.41, 5.74) is 10.3. The molecule has 0 radical (unpaired) electrons. The molecular weight excluding hydrogens is 263 g/mol. The molecular formula is C18H21FN2. The first-order valence-corrected chi connectivity index (χ1v) is 7.52. The van der Waals surface area contributed by atoms with E-state index in [1.807, 2.05) is 13.0 Å². The van der Waals surface area contributed by atoms with Gasteiger partial charge in [-0.05, 0) is 43.0 Å². The summed E-state index contributed by atoms with van der Waals surface area (Å²) in [5, 5.41) is 0. The van der Waals surface area contributed by atoms with Gasteiger partial charge in [-0.3, -0.25) is 0 Å². The molecule has 3 heteroatoms. The van der Waals surface area contributed by atoms with Crippen molar-refractivity contribution in [1.82, 2.24) is 0 Å². The third-order valence-electron chi connectivity index (χ3n) is 4.18. The van der Waals surface area contributed by atoms with Gasteiger partial charge < -0.3 is 10.6 Å². The summed E-state index contributed by atoms with van der Waals surface area (Å²) in [5.74, 6) is -0.208. The molecule has 0 saturated carbocycles. The number of fused-ring (bicyclic) bond motifs is 1. The van der Waals surface area contributed by atoms with E-state index in [1.54, 1.807) is 6.07 Å². The highest BCUT2D eigenvalue weighted by molar-refractivity contribution is 5.56. The van der Waals surface area contributed by atoms with E-state index in [4.69, 9.17) is 5.73 Å². The van der Waals surface area contributed by atoms with E-state index >= 15 is 0 Å². The first-order valence-electron chi connectivity index (χ1n) is 7.52. The van der Waals surface area contributed by atoms with Crippen molar-refractivity contribution < 1.29 is 4.39 Å². The summed E-state index contributed by atoms with van der Waals surface area (Å²) in [6, 6.07) is 13.5. The minimum atomic E-state index is -0.306. The summed E-state index contributed by atoms with van der Waals surface area (Å²) in [7, 11) is 0. The van der Waals surface area contributed by atoms with Gasteiger partial charge in [0.15, 0.2) is 0 Å². The molecule has 0 aliphatic carbocycles. The molecule has 2 N–H and O–H groups in total. The number of benzene rings is 2. The average Bonchev–Trinajstić information content (AvgIpc) is 2.68. The molecule has 21 heavy (non-hydrogen) atoms. The van der Waals surface area contributed by atoms with Gasteiger partial charge in [0.2, 0.25) is 0 Å². The molecule has 1 unspecified atom stereocenters. The highest BCUT2D eigenvalue weighted by atomic mass is 19.1. The number of rotatable bonds is 2. The van der Waals surface area contributed by atoms with Crippen LogP contribution in [0.4, 0.5) is 10.1 Å². The number of aryl methyl sites for hydroxylation is 1. The van der Waals surface area contributed by atoms with E-state index in [0.717, 1.165) is 31.6 Å². The number of hydrogen-bond donors (Lipinski definition) is 1. The quantitative estimate of drug-likeness (QED) is 0.909. The summed E-state index contributed by atoms with van der Waals surface area (Å²) < 4.78 is 14.1. The summed E-state index contributed by atoms with van der Waals surface area (Å²) in [6.07, 6.45) is 2.15. The molecule has 0 spiro atoms. The second-order valence-corrected chi connectivity index (χ2v) is 5.76. The van der Waals surface area contributed by atoms with Crippen LogP contribution in [0.5, 0.6) is 0 Å². The Bertz CT molecular complexity index is 637. The Morgan fingerprint density at radius 2 is 1.86 bits per heavy atom. The molecule has 0 saturated heterocycles. The lowest BCUT2D eigenvalue weighted by atomic mass is 10.0. The van der Waals surface area contributed by atoms with Crippen LogP contribution in [0, 0.1) is 5.82 Å². The number of nitrogens with two attached hydrogens (primary N) is 1. The summed E-state index contributed by atoms with van der Waals surface area (Å²) in [4.78, 5) is 2.26. The fourth-order valence-corrected chi connectivity index (χ4v) is 3.16. The smallest absolute Gasteiger partial charge is 0.130 e. The molecule has 0 bridgehead atoms. The molecule has 3 rings (SSSR count). The average molecular weight is 284 g/mol. The van der Waals surface area contributed by atoms with Crippen molar-refractivity contribution in [2.75, 3.05) is 11.4 Å². The maximum absolute atomic E-state index is 14.1. The Balaban J connectivity index is 2.00. The van der Waals surface area contributed by atoms with Crippen LogP contribution < -0.4 is 10.6 Å². The molecule has 0 fully saturated rings. The molecule has 2 aromatic rings. The molecule has 1 aliphatic heterocycles. The van der Waals surface area contributed by atoms with Crippen LogP contribution in [-0.4, -0.2) is 6.54 Å². The zero-order valence-corrected chi connectivity index (χ0v) is 12.3. The molecule has 0 aromatic heterocycles. The van der Waals surface area contributed by atoms with Crippen molar-refractivity contribution in [3.63, 3.8) is 0 Å². The van der Waals surface area contributed by atoms with Gasteiger partial charge in [-0.1, -0.05) is 30.3 Å². The monoisotopic (exact) mass is 284 g/mol. The second-order valence-electron chi connectivity index (χ2n) is 5.76. The van der Waals surface area contributed by atoms with Gasteiger partial charge in [-0.2, -0.15) is 0 Å². The van der Waals surface area contributed by atoms with Crippen LogP contribution in [0.25, 0.3) is 0 Å². The Morgan fingerprint density at radius 3 is 2.62 bits per heavy atom.